The van der Waals surface area contributed by atoms with Gasteiger partial charge in [-0.2, -0.15) is 0 Å². The third kappa shape index (κ3) is 3.86. The molecule has 4 heteroatoms. The van der Waals surface area contributed by atoms with Gasteiger partial charge in [0.1, 0.15) is 6.61 Å². The molecular formula is C23H27NO3. The minimum Gasteiger partial charge on any atom is -0.449 e. The molecule has 1 saturated carbocycles. The molecule has 0 radical (unpaired) electrons. The minimum atomic E-state index is -0.395. The number of fused-ring (bicyclic) bond motifs is 3. The highest BCUT2D eigenvalue weighted by Gasteiger charge is 2.29. The number of alkyl carbamates (subject to hydrolysis) is 1. The van der Waals surface area contributed by atoms with Gasteiger partial charge in [0.15, 0.2) is 0 Å². The zero-order valence-electron chi connectivity index (χ0n) is 15.6. The molecule has 0 aromatic heterocycles. The molecule has 1 amide bonds. The number of nitrogens with one attached hydrogen (secondary N) is 1. The Bertz CT molecular complexity index is 758. The average Bonchev–Trinajstić information content (AvgIpc) is 2.86. The van der Waals surface area contributed by atoms with Crippen LogP contribution in [0.15, 0.2) is 48.5 Å². The van der Waals surface area contributed by atoms with E-state index in [-0.39, 0.29) is 17.9 Å². The summed E-state index contributed by atoms with van der Waals surface area (Å²) in [6, 6.07) is 16.6. The smallest absolute Gasteiger partial charge is 0.407 e. The Morgan fingerprint density at radius 1 is 0.963 bits per heavy atom. The molecule has 4 nitrogen and oxygen atoms in total. The molecule has 2 atom stereocenters. The van der Waals surface area contributed by atoms with Crippen molar-refractivity contribution < 1.29 is 14.6 Å². The van der Waals surface area contributed by atoms with Crippen molar-refractivity contribution in [1.29, 1.82) is 0 Å². The number of hydrogen-bond acceptors (Lipinski definition) is 3. The molecule has 2 aliphatic rings. The second-order valence-electron chi connectivity index (χ2n) is 7.67. The summed E-state index contributed by atoms with van der Waals surface area (Å²) in [7, 11) is 0. The number of carbonyl (C=O) groups excluding carboxylic acids is 1. The second kappa shape index (κ2) is 8.13. The first-order chi connectivity index (χ1) is 13.2. The maximum atomic E-state index is 12.2. The van der Waals surface area contributed by atoms with Crippen LogP contribution in [0.3, 0.4) is 0 Å². The van der Waals surface area contributed by atoms with Crippen LogP contribution in [0.4, 0.5) is 4.79 Å². The predicted octanol–water partition coefficient (Wildman–Crippen LogP) is 4.47. The van der Waals surface area contributed by atoms with E-state index in [1.807, 2.05) is 24.3 Å². The van der Waals surface area contributed by atoms with E-state index in [1.165, 1.54) is 28.7 Å². The number of aliphatic hydroxyl groups excluding tert-OH is 1. The number of benzene rings is 2. The summed E-state index contributed by atoms with van der Waals surface area (Å²) < 4.78 is 5.57. The monoisotopic (exact) mass is 365 g/mol. The molecule has 0 aliphatic heterocycles. The Morgan fingerprint density at radius 3 is 2.30 bits per heavy atom. The van der Waals surface area contributed by atoms with E-state index >= 15 is 0 Å². The number of hydrogen-bond donors (Lipinski definition) is 2. The number of amides is 1. The van der Waals surface area contributed by atoms with E-state index in [0.29, 0.717) is 13.2 Å². The van der Waals surface area contributed by atoms with Crippen molar-refractivity contribution in [2.24, 2.45) is 5.92 Å². The van der Waals surface area contributed by atoms with Crippen LogP contribution in [0.5, 0.6) is 0 Å². The maximum absolute atomic E-state index is 12.2. The number of carbonyl (C=O) groups is 1. The predicted molar refractivity (Wildman–Crippen MR) is 106 cm³/mol. The summed E-state index contributed by atoms with van der Waals surface area (Å²) >= 11 is 0. The molecule has 2 aromatic carbocycles. The Hall–Kier alpha value is -2.33. The molecule has 2 N–H and O–H groups in total. The van der Waals surface area contributed by atoms with Gasteiger partial charge in [0.05, 0.1) is 6.10 Å². The van der Waals surface area contributed by atoms with E-state index in [0.717, 1.165) is 25.7 Å². The highest BCUT2D eigenvalue weighted by Crippen LogP contribution is 2.44. The zero-order valence-corrected chi connectivity index (χ0v) is 15.6. The summed E-state index contributed by atoms with van der Waals surface area (Å²) in [5.74, 6) is 0.208. The van der Waals surface area contributed by atoms with Crippen molar-refractivity contribution in [3.63, 3.8) is 0 Å². The Morgan fingerprint density at radius 2 is 1.59 bits per heavy atom. The molecule has 27 heavy (non-hydrogen) atoms. The molecule has 0 spiro atoms. The fourth-order valence-corrected chi connectivity index (χ4v) is 4.47. The number of aliphatic hydroxyl groups is 1. The SMILES string of the molecule is O=C(NC[C@H]1CCCCC[C@H]1O)OCC1c2ccccc2-c2ccccc21. The van der Waals surface area contributed by atoms with Crippen LogP contribution < -0.4 is 5.32 Å². The zero-order chi connectivity index (χ0) is 18.6. The molecule has 2 aromatic rings. The van der Waals surface area contributed by atoms with Gasteiger partial charge in [-0.3, -0.25) is 0 Å². The van der Waals surface area contributed by atoms with Crippen molar-refractivity contribution in [2.75, 3.05) is 13.2 Å². The fourth-order valence-electron chi connectivity index (χ4n) is 4.47. The Balaban J connectivity index is 1.36. The van der Waals surface area contributed by atoms with E-state index in [4.69, 9.17) is 4.74 Å². The van der Waals surface area contributed by atoms with E-state index in [2.05, 4.69) is 29.6 Å². The van der Waals surface area contributed by atoms with Crippen LogP contribution in [-0.4, -0.2) is 30.5 Å². The molecule has 1 fully saturated rings. The standard InChI is InChI=1S/C23H27NO3/c25-22-13-3-1-2-8-16(22)14-24-23(26)27-15-21-19-11-6-4-9-17(19)18-10-5-7-12-20(18)21/h4-7,9-12,16,21-22,25H,1-3,8,13-15H2,(H,24,26)/t16-,22-/m1/s1. The number of ether oxygens (including phenoxy) is 1. The van der Waals surface area contributed by atoms with Crippen molar-refractivity contribution >= 4 is 6.09 Å². The molecule has 4 rings (SSSR count). The Labute approximate surface area is 160 Å². The van der Waals surface area contributed by atoms with E-state index in [1.54, 1.807) is 0 Å². The quantitative estimate of drug-likeness (QED) is 0.786. The average molecular weight is 365 g/mol. The lowest BCUT2D eigenvalue weighted by molar-refractivity contribution is 0.0951. The molecular weight excluding hydrogens is 338 g/mol. The normalized spacial score (nSPS) is 21.8. The second-order valence-corrected chi connectivity index (χ2v) is 7.67. The molecule has 0 bridgehead atoms. The van der Waals surface area contributed by atoms with Crippen LogP contribution in [-0.2, 0) is 4.74 Å². The largest absolute Gasteiger partial charge is 0.449 e. The molecule has 142 valence electrons. The highest BCUT2D eigenvalue weighted by molar-refractivity contribution is 5.79. The van der Waals surface area contributed by atoms with Gasteiger partial charge in [-0.05, 0) is 35.1 Å². The summed E-state index contributed by atoms with van der Waals surface area (Å²) in [5.41, 5.74) is 4.88. The first kappa shape index (κ1) is 18.1. The third-order valence-electron chi connectivity index (χ3n) is 5.97. The van der Waals surface area contributed by atoms with Gasteiger partial charge in [0.25, 0.3) is 0 Å². The van der Waals surface area contributed by atoms with Crippen LogP contribution in [0.25, 0.3) is 11.1 Å². The summed E-state index contributed by atoms with van der Waals surface area (Å²) in [6.07, 6.45) is 4.44. The van der Waals surface area contributed by atoms with Crippen LogP contribution in [0.2, 0.25) is 0 Å². The lowest BCUT2D eigenvalue weighted by Crippen LogP contribution is -2.35. The fraction of sp³-hybridized carbons (Fsp3) is 0.435. The van der Waals surface area contributed by atoms with Crippen LogP contribution in [0.1, 0.15) is 49.1 Å². The molecule has 0 saturated heterocycles. The third-order valence-corrected chi connectivity index (χ3v) is 5.97. The Kier molecular flexibility index (Phi) is 5.44. The maximum Gasteiger partial charge on any atom is 0.407 e. The lowest BCUT2D eigenvalue weighted by atomic mass is 9.97. The number of rotatable bonds is 4. The first-order valence-corrected chi connectivity index (χ1v) is 10.0. The van der Waals surface area contributed by atoms with Crippen molar-refractivity contribution in [1.82, 2.24) is 5.32 Å². The lowest BCUT2D eigenvalue weighted by Gasteiger charge is -2.21. The van der Waals surface area contributed by atoms with Gasteiger partial charge in [-0.25, -0.2) is 4.79 Å². The van der Waals surface area contributed by atoms with Crippen molar-refractivity contribution in [3.8, 4) is 11.1 Å². The van der Waals surface area contributed by atoms with Crippen LogP contribution >= 0.6 is 0 Å². The highest BCUT2D eigenvalue weighted by atomic mass is 16.5. The van der Waals surface area contributed by atoms with Crippen molar-refractivity contribution in [3.05, 3.63) is 59.7 Å². The van der Waals surface area contributed by atoms with Crippen LogP contribution in [0, 0.1) is 5.92 Å². The van der Waals surface area contributed by atoms with Gasteiger partial charge in [-0.15, -0.1) is 0 Å². The van der Waals surface area contributed by atoms with Gasteiger partial charge >= 0.3 is 6.09 Å². The van der Waals surface area contributed by atoms with Gasteiger partial charge in [-0.1, -0.05) is 67.8 Å². The van der Waals surface area contributed by atoms with Gasteiger partial charge in [0, 0.05) is 18.4 Å². The molecule has 0 unspecified atom stereocenters. The molecule has 0 heterocycles. The first-order valence-electron chi connectivity index (χ1n) is 10.0. The summed E-state index contributed by atoms with van der Waals surface area (Å²) in [6.45, 7) is 0.810. The summed E-state index contributed by atoms with van der Waals surface area (Å²) in [5, 5.41) is 13.1. The minimum absolute atomic E-state index is 0.0756. The van der Waals surface area contributed by atoms with E-state index < -0.39 is 6.09 Å². The molecule has 2 aliphatic carbocycles. The van der Waals surface area contributed by atoms with E-state index in [9.17, 15) is 9.90 Å². The van der Waals surface area contributed by atoms with Crippen molar-refractivity contribution in [2.45, 2.75) is 44.1 Å². The van der Waals surface area contributed by atoms with Gasteiger partial charge < -0.3 is 15.2 Å². The topological polar surface area (TPSA) is 58.6 Å². The summed E-state index contributed by atoms with van der Waals surface area (Å²) in [4.78, 5) is 12.2. The van der Waals surface area contributed by atoms with Gasteiger partial charge in [0.2, 0.25) is 0 Å².